The molecule has 0 radical (unpaired) electrons. The summed E-state index contributed by atoms with van der Waals surface area (Å²) in [5.41, 5.74) is 8.54. The highest BCUT2D eigenvalue weighted by molar-refractivity contribution is 9.10. The van der Waals surface area contributed by atoms with E-state index in [9.17, 15) is 9.50 Å². The highest BCUT2D eigenvalue weighted by atomic mass is 79.9. The van der Waals surface area contributed by atoms with Gasteiger partial charge in [0.05, 0.1) is 5.60 Å². The Kier molecular flexibility index (Phi) is 3.30. The number of aliphatic hydroxyl groups is 1. The number of halogens is 2. The van der Waals surface area contributed by atoms with Crippen molar-refractivity contribution in [1.29, 1.82) is 0 Å². The summed E-state index contributed by atoms with van der Waals surface area (Å²) in [5, 5.41) is 10.9. The minimum Gasteiger partial charge on any atom is -0.399 e. The molecular formula is C16H15BrFNO. The molecule has 2 aromatic carbocycles. The van der Waals surface area contributed by atoms with Crippen LogP contribution in [-0.4, -0.2) is 5.11 Å². The predicted molar refractivity (Wildman–Crippen MR) is 80.9 cm³/mol. The van der Waals surface area contributed by atoms with Gasteiger partial charge in [0.25, 0.3) is 0 Å². The monoisotopic (exact) mass is 335 g/mol. The topological polar surface area (TPSA) is 46.2 Å². The number of hydrogen-bond donors (Lipinski definition) is 2. The molecule has 4 heteroatoms. The molecule has 3 N–H and O–H groups in total. The van der Waals surface area contributed by atoms with Crippen LogP contribution in [-0.2, 0) is 18.4 Å². The van der Waals surface area contributed by atoms with Gasteiger partial charge < -0.3 is 10.8 Å². The third-order valence-corrected chi connectivity index (χ3v) is 4.67. The fourth-order valence-corrected chi connectivity index (χ4v) is 3.41. The number of hydrogen-bond acceptors (Lipinski definition) is 2. The van der Waals surface area contributed by atoms with E-state index in [-0.39, 0.29) is 5.82 Å². The second kappa shape index (κ2) is 4.86. The van der Waals surface area contributed by atoms with Crippen LogP contribution >= 0.6 is 15.9 Å². The Labute approximate surface area is 125 Å². The summed E-state index contributed by atoms with van der Waals surface area (Å²) >= 11 is 3.36. The normalized spacial score (nSPS) is 20.9. The smallest absolute Gasteiger partial charge is 0.124 e. The molecule has 0 heterocycles. The molecule has 0 spiro atoms. The van der Waals surface area contributed by atoms with Gasteiger partial charge in [0.1, 0.15) is 5.82 Å². The average Bonchev–Trinajstić information content (AvgIpc) is 2.70. The van der Waals surface area contributed by atoms with E-state index in [0.29, 0.717) is 17.3 Å². The maximum Gasteiger partial charge on any atom is 0.124 e. The van der Waals surface area contributed by atoms with Gasteiger partial charge in [-0.15, -0.1) is 0 Å². The van der Waals surface area contributed by atoms with Crippen molar-refractivity contribution in [2.24, 2.45) is 0 Å². The lowest BCUT2D eigenvalue weighted by Gasteiger charge is -2.25. The quantitative estimate of drug-likeness (QED) is 0.824. The van der Waals surface area contributed by atoms with Crippen LogP contribution in [0.1, 0.15) is 23.1 Å². The summed E-state index contributed by atoms with van der Waals surface area (Å²) in [4.78, 5) is 0. The molecule has 0 bridgehead atoms. The summed E-state index contributed by atoms with van der Waals surface area (Å²) < 4.78 is 13.8. The van der Waals surface area contributed by atoms with E-state index >= 15 is 0 Å². The number of aryl methyl sites for hydroxylation is 1. The Morgan fingerprint density at radius 3 is 2.80 bits per heavy atom. The van der Waals surface area contributed by atoms with Crippen molar-refractivity contribution in [2.45, 2.75) is 24.9 Å². The van der Waals surface area contributed by atoms with E-state index < -0.39 is 5.60 Å². The van der Waals surface area contributed by atoms with Crippen molar-refractivity contribution < 1.29 is 9.50 Å². The number of benzene rings is 2. The van der Waals surface area contributed by atoms with E-state index in [2.05, 4.69) is 15.9 Å². The zero-order valence-corrected chi connectivity index (χ0v) is 12.5. The molecule has 0 amide bonds. The molecule has 0 saturated carbocycles. The number of anilines is 1. The minimum atomic E-state index is -0.899. The molecule has 3 rings (SSSR count). The molecule has 1 atom stereocenters. The van der Waals surface area contributed by atoms with Crippen molar-refractivity contribution in [1.82, 2.24) is 0 Å². The first-order valence-electron chi connectivity index (χ1n) is 6.53. The lowest BCUT2D eigenvalue weighted by molar-refractivity contribution is 0.0388. The largest absolute Gasteiger partial charge is 0.399 e. The number of fused-ring (bicyclic) bond motifs is 1. The van der Waals surface area contributed by atoms with Gasteiger partial charge in [0.2, 0.25) is 0 Å². The van der Waals surface area contributed by atoms with Crippen LogP contribution in [0.5, 0.6) is 0 Å². The van der Waals surface area contributed by atoms with Crippen LogP contribution in [0.15, 0.2) is 40.9 Å². The first kappa shape index (κ1) is 13.6. The van der Waals surface area contributed by atoms with E-state index in [1.807, 2.05) is 18.2 Å². The fourth-order valence-electron chi connectivity index (χ4n) is 2.91. The molecule has 0 aromatic heterocycles. The van der Waals surface area contributed by atoms with Gasteiger partial charge in [0.15, 0.2) is 0 Å². The third-order valence-electron chi connectivity index (χ3n) is 3.94. The summed E-state index contributed by atoms with van der Waals surface area (Å²) in [6, 6.07) is 10.2. The van der Waals surface area contributed by atoms with Crippen LogP contribution in [0.4, 0.5) is 10.1 Å². The molecule has 0 saturated heterocycles. The van der Waals surface area contributed by atoms with Crippen molar-refractivity contribution in [2.75, 3.05) is 5.73 Å². The molecule has 1 unspecified atom stereocenters. The molecular weight excluding hydrogens is 321 g/mol. The van der Waals surface area contributed by atoms with Crippen LogP contribution in [0.2, 0.25) is 0 Å². The second-order valence-corrected chi connectivity index (χ2v) is 6.22. The van der Waals surface area contributed by atoms with Gasteiger partial charge in [-0.05, 0) is 53.8 Å². The molecule has 1 aliphatic carbocycles. The zero-order chi connectivity index (χ0) is 14.3. The van der Waals surface area contributed by atoms with Crippen LogP contribution in [0.3, 0.4) is 0 Å². The van der Waals surface area contributed by atoms with Crippen molar-refractivity contribution in [3.63, 3.8) is 0 Å². The van der Waals surface area contributed by atoms with Gasteiger partial charge in [-0.3, -0.25) is 0 Å². The fraction of sp³-hybridized carbons (Fsp3) is 0.250. The van der Waals surface area contributed by atoms with E-state index in [4.69, 9.17) is 5.73 Å². The second-order valence-electron chi connectivity index (χ2n) is 5.36. The van der Waals surface area contributed by atoms with Gasteiger partial charge in [0, 0.05) is 16.6 Å². The molecule has 0 fully saturated rings. The number of nitrogen functional groups attached to an aromatic ring is 1. The maximum atomic E-state index is 13.1. The molecule has 2 aromatic rings. The Morgan fingerprint density at radius 2 is 2.05 bits per heavy atom. The van der Waals surface area contributed by atoms with Gasteiger partial charge >= 0.3 is 0 Å². The molecule has 0 aliphatic heterocycles. The van der Waals surface area contributed by atoms with Crippen LogP contribution < -0.4 is 5.73 Å². The van der Waals surface area contributed by atoms with Gasteiger partial charge in [-0.25, -0.2) is 4.39 Å². The number of rotatable bonds is 2. The van der Waals surface area contributed by atoms with Crippen LogP contribution in [0.25, 0.3) is 0 Å². The minimum absolute atomic E-state index is 0.285. The first-order valence-corrected chi connectivity index (χ1v) is 7.32. The first-order chi connectivity index (χ1) is 9.48. The Morgan fingerprint density at radius 1 is 1.25 bits per heavy atom. The molecule has 1 aliphatic rings. The Hall–Kier alpha value is -1.39. The zero-order valence-electron chi connectivity index (χ0n) is 10.9. The van der Waals surface area contributed by atoms with Crippen molar-refractivity contribution in [3.8, 4) is 0 Å². The molecule has 104 valence electrons. The van der Waals surface area contributed by atoms with Gasteiger partial charge in [-0.1, -0.05) is 28.1 Å². The van der Waals surface area contributed by atoms with Crippen molar-refractivity contribution >= 4 is 21.6 Å². The summed E-state index contributed by atoms with van der Waals surface area (Å²) in [6.45, 7) is 0. The van der Waals surface area contributed by atoms with Crippen LogP contribution in [0, 0.1) is 5.82 Å². The van der Waals surface area contributed by atoms with Crippen molar-refractivity contribution in [3.05, 3.63) is 63.4 Å². The molecule has 2 nitrogen and oxygen atoms in total. The summed E-state index contributed by atoms with van der Waals surface area (Å²) in [7, 11) is 0. The average molecular weight is 336 g/mol. The highest BCUT2D eigenvalue weighted by Crippen LogP contribution is 2.41. The summed E-state index contributed by atoms with van der Waals surface area (Å²) in [5.74, 6) is -0.285. The van der Waals surface area contributed by atoms with E-state index in [1.165, 1.54) is 12.1 Å². The Bertz CT molecular complexity index is 674. The number of nitrogens with two attached hydrogens (primary N) is 1. The molecule has 20 heavy (non-hydrogen) atoms. The third kappa shape index (κ3) is 2.34. The highest BCUT2D eigenvalue weighted by Gasteiger charge is 2.37. The lowest BCUT2D eigenvalue weighted by Crippen LogP contribution is -2.25. The van der Waals surface area contributed by atoms with Gasteiger partial charge in [-0.2, -0.15) is 0 Å². The maximum absolute atomic E-state index is 13.1. The standard InChI is InChI=1S/C16H15BrFNO/c17-15-8-12(18)2-1-11(15)9-16(20)6-5-10-7-13(19)3-4-14(10)16/h1-4,7-8,20H,5-6,9,19H2. The lowest BCUT2D eigenvalue weighted by atomic mass is 9.88. The van der Waals surface area contributed by atoms with E-state index in [0.717, 1.165) is 28.8 Å². The Balaban J connectivity index is 1.96. The predicted octanol–water partition coefficient (Wildman–Crippen LogP) is 3.55. The summed E-state index contributed by atoms with van der Waals surface area (Å²) in [6.07, 6.45) is 1.94. The van der Waals surface area contributed by atoms with E-state index in [1.54, 1.807) is 6.07 Å². The SMILES string of the molecule is Nc1ccc2c(c1)CCC2(O)Cc1ccc(F)cc1Br.